The van der Waals surface area contributed by atoms with E-state index in [1.807, 2.05) is 31.2 Å². The Morgan fingerprint density at radius 3 is 2.86 bits per heavy atom. The molecule has 1 heterocycles. The van der Waals surface area contributed by atoms with Crippen LogP contribution in [0.2, 0.25) is 0 Å². The second kappa shape index (κ2) is 7.37. The number of ether oxygens (including phenoxy) is 1. The van der Waals surface area contributed by atoms with Gasteiger partial charge < -0.3 is 15.2 Å². The van der Waals surface area contributed by atoms with Gasteiger partial charge in [0.2, 0.25) is 0 Å². The summed E-state index contributed by atoms with van der Waals surface area (Å²) in [6.45, 7) is 2.34. The number of hydrogen-bond acceptors (Lipinski definition) is 6. The molecule has 0 aliphatic heterocycles. The number of aliphatic hydroxyl groups is 1. The summed E-state index contributed by atoms with van der Waals surface area (Å²) >= 11 is 0. The SMILES string of the molecule is Cc1cccc(OCC(O)CNc2ccc([N+](=O)[O-])cn2)c1. The molecular formula is C15H17N3O4. The number of aliphatic hydroxyl groups excluding tert-OH is 1. The lowest BCUT2D eigenvalue weighted by atomic mass is 10.2. The van der Waals surface area contributed by atoms with Crippen molar-refractivity contribution >= 4 is 11.5 Å². The van der Waals surface area contributed by atoms with Crippen molar-refractivity contribution in [2.24, 2.45) is 0 Å². The van der Waals surface area contributed by atoms with Gasteiger partial charge >= 0.3 is 0 Å². The van der Waals surface area contributed by atoms with Crippen LogP contribution in [-0.4, -0.2) is 34.3 Å². The highest BCUT2D eigenvalue weighted by Crippen LogP contribution is 2.13. The summed E-state index contributed by atoms with van der Waals surface area (Å²) in [5.74, 6) is 1.16. The van der Waals surface area contributed by atoms with Crippen LogP contribution in [0.15, 0.2) is 42.6 Å². The average Bonchev–Trinajstić information content (AvgIpc) is 2.51. The molecule has 0 saturated heterocycles. The number of aromatic nitrogens is 1. The predicted octanol–water partition coefficient (Wildman–Crippen LogP) is 2.15. The van der Waals surface area contributed by atoms with E-state index in [-0.39, 0.29) is 18.8 Å². The molecule has 1 atom stereocenters. The van der Waals surface area contributed by atoms with E-state index in [0.717, 1.165) is 11.8 Å². The third kappa shape index (κ3) is 4.71. The minimum Gasteiger partial charge on any atom is -0.491 e. The highest BCUT2D eigenvalue weighted by Gasteiger charge is 2.08. The number of pyridine rings is 1. The molecule has 1 aromatic carbocycles. The molecule has 7 nitrogen and oxygen atoms in total. The topological polar surface area (TPSA) is 97.5 Å². The van der Waals surface area contributed by atoms with Crippen LogP contribution in [0.25, 0.3) is 0 Å². The molecule has 0 amide bonds. The maximum Gasteiger partial charge on any atom is 0.287 e. The highest BCUT2D eigenvalue weighted by atomic mass is 16.6. The number of anilines is 1. The third-order valence-corrected chi connectivity index (χ3v) is 2.91. The first-order valence-electron chi connectivity index (χ1n) is 6.76. The molecule has 1 aromatic heterocycles. The van der Waals surface area contributed by atoms with Crippen molar-refractivity contribution in [2.45, 2.75) is 13.0 Å². The van der Waals surface area contributed by atoms with E-state index >= 15 is 0 Å². The van der Waals surface area contributed by atoms with Crippen LogP contribution in [0.1, 0.15) is 5.56 Å². The zero-order valence-electron chi connectivity index (χ0n) is 12.1. The number of nitrogens with one attached hydrogen (secondary N) is 1. The van der Waals surface area contributed by atoms with Crippen LogP contribution in [0.3, 0.4) is 0 Å². The van der Waals surface area contributed by atoms with E-state index in [2.05, 4.69) is 10.3 Å². The zero-order valence-corrected chi connectivity index (χ0v) is 12.1. The third-order valence-electron chi connectivity index (χ3n) is 2.91. The standard InChI is InChI=1S/C15H17N3O4/c1-11-3-2-4-14(7-11)22-10-13(19)9-17-15-6-5-12(8-16-15)18(20)21/h2-8,13,19H,9-10H2,1H3,(H,16,17). The van der Waals surface area contributed by atoms with Gasteiger partial charge in [0, 0.05) is 12.6 Å². The lowest BCUT2D eigenvalue weighted by Gasteiger charge is -2.13. The highest BCUT2D eigenvalue weighted by molar-refractivity contribution is 5.40. The first-order chi connectivity index (χ1) is 10.5. The monoisotopic (exact) mass is 303 g/mol. The number of benzene rings is 1. The van der Waals surface area contributed by atoms with Gasteiger partial charge in [-0.2, -0.15) is 0 Å². The van der Waals surface area contributed by atoms with Gasteiger partial charge in [0.1, 0.15) is 30.5 Å². The fourth-order valence-corrected chi connectivity index (χ4v) is 1.78. The largest absolute Gasteiger partial charge is 0.491 e. The minimum absolute atomic E-state index is 0.0751. The lowest BCUT2D eigenvalue weighted by Crippen LogP contribution is -2.26. The Balaban J connectivity index is 1.77. The normalized spacial score (nSPS) is 11.7. The molecule has 0 bridgehead atoms. The molecule has 0 saturated carbocycles. The molecule has 0 aliphatic carbocycles. The molecular weight excluding hydrogens is 286 g/mol. The summed E-state index contributed by atoms with van der Waals surface area (Å²) in [7, 11) is 0. The van der Waals surface area contributed by atoms with Gasteiger partial charge in [0.05, 0.1) is 4.92 Å². The van der Waals surface area contributed by atoms with Gasteiger partial charge in [-0.25, -0.2) is 4.98 Å². The number of nitrogens with zero attached hydrogens (tertiary/aromatic N) is 2. The summed E-state index contributed by atoms with van der Waals surface area (Å²) in [6.07, 6.45) is 0.440. The van der Waals surface area contributed by atoms with Crippen molar-refractivity contribution in [1.82, 2.24) is 4.98 Å². The molecule has 7 heteroatoms. The van der Waals surface area contributed by atoms with Crippen LogP contribution in [-0.2, 0) is 0 Å². The molecule has 116 valence electrons. The van der Waals surface area contributed by atoms with Gasteiger partial charge in [-0.3, -0.25) is 10.1 Å². The van der Waals surface area contributed by atoms with E-state index in [1.165, 1.54) is 12.1 Å². The van der Waals surface area contributed by atoms with Crippen LogP contribution in [0.5, 0.6) is 5.75 Å². The first-order valence-corrected chi connectivity index (χ1v) is 6.76. The Bertz CT molecular complexity index is 631. The molecule has 0 aliphatic rings. The van der Waals surface area contributed by atoms with Gasteiger partial charge in [-0.15, -0.1) is 0 Å². The van der Waals surface area contributed by atoms with Crippen LogP contribution in [0, 0.1) is 17.0 Å². The summed E-state index contributed by atoms with van der Waals surface area (Å²) in [5.41, 5.74) is 1.01. The van der Waals surface area contributed by atoms with Crippen molar-refractivity contribution in [1.29, 1.82) is 0 Å². The summed E-state index contributed by atoms with van der Waals surface area (Å²) in [4.78, 5) is 13.9. The second-order valence-electron chi connectivity index (χ2n) is 4.82. The Hall–Kier alpha value is -2.67. The zero-order chi connectivity index (χ0) is 15.9. The molecule has 0 fully saturated rings. The summed E-state index contributed by atoms with van der Waals surface area (Å²) in [5, 5.41) is 23.3. The molecule has 2 N–H and O–H groups in total. The predicted molar refractivity (Wildman–Crippen MR) is 82.1 cm³/mol. The first kappa shape index (κ1) is 15.7. The lowest BCUT2D eigenvalue weighted by molar-refractivity contribution is -0.385. The number of hydrogen-bond donors (Lipinski definition) is 2. The van der Waals surface area contributed by atoms with Crippen molar-refractivity contribution in [3.8, 4) is 5.75 Å². The average molecular weight is 303 g/mol. The fourth-order valence-electron chi connectivity index (χ4n) is 1.78. The van der Waals surface area contributed by atoms with Crippen molar-refractivity contribution in [3.05, 3.63) is 58.3 Å². The molecule has 2 aromatic rings. The fraction of sp³-hybridized carbons (Fsp3) is 0.267. The van der Waals surface area contributed by atoms with Crippen LogP contribution < -0.4 is 10.1 Å². The summed E-state index contributed by atoms with van der Waals surface area (Å²) in [6, 6.07) is 10.4. The van der Waals surface area contributed by atoms with E-state index in [1.54, 1.807) is 0 Å². The van der Waals surface area contributed by atoms with Crippen molar-refractivity contribution in [2.75, 3.05) is 18.5 Å². The van der Waals surface area contributed by atoms with Crippen LogP contribution in [0.4, 0.5) is 11.5 Å². The Morgan fingerprint density at radius 2 is 2.23 bits per heavy atom. The molecule has 1 unspecified atom stereocenters. The van der Waals surface area contributed by atoms with Crippen LogP contribution >= 0.6 is 0 Å². The summed E-state index contributed by atoms with van der Waals surface area (Å²) < 4.78 is 5.49. The van der Waals surface area contributed by atoms with Gasteiger partial charge in [-0.05, 0) is 30.7 Å². The second-order valence-corrected chi connectivity index (χ2v) is 4.82. The van der Waals surface area contributed by atoms with E-state index in [0.29, 0.717) is 11.6 Å². The quantitative estimate of drug-likeness (QED) is 0.601. The Labute approximate surface area is 127 Å². The molecule has 22 heavy (non-hydrogen) atoms. The van der Waals surface area contributed by atoms with Crippen molar-refractivity contribution in [3.63, 3.8) is 0 Å². The van der Waals surface area contributed by atoms with E-state index in [9.17, 15) is 15.2 Å². The van der Waals surface area contributed by atoms with Gasteiger partial charge in [0.15, 0.2) is 0 Å². The maximum atomic E-state index is 10.5. The number of aryl methyl sites for hydroxylation is 1. The van der Waals surface area contributed by atoms with Gasteiger partial charge in [0.25, 0.3) is 5.69 Å². The van der Waals surface area contributed by atoms with E-state index in [4.69, 9.17) is 4.74 Å². The minimum atomic E-state index is -0.725. The number of nitro groups is 1. The molecule has 2 rings (SSSR count). The maximum absolute atomic E-state index is 10.5. The Kier molecular flexibility index (Phi) is 5.26. The smallest absolute Gasteiger partial charge is 0.287 e. The number of rotatable bonds is 7. The van der Waals surface area contributed by atoms with E-state index < -0.39 is 11.0 Å². The van der Waals surface area contributed by atoms with Gasteiger partial charge in [-0.1, -0.05) is 12.1 Å². The molecule has 0 radical (unpaired) electrons. The molecule has 0 spiro atoms. The Morgan fingerprint density at radius 1 is 1.41 bits per heavy atom. The van der Waals surface area contributed by atoms with Crippen molar-refractivity contribution < 1.29 is 14.8 Å².